The zero-order valence-corrected chi connectivity index (χ0v) is 17.2. The summed E-state index contributed by atoms with van der Waals surface area (Å²) in [6.07, 6.45) is 0. The third-order valence-electron chi connectivity index (χ3n) is 4.15. The van der Waals surface area contributed by atoms with Gasteiger partial charge in [-0.25, -0.2) is 12.8 Å². The smallest absolute Gasteiger partial charge is 0.243 e. The second-order valence-electron chi connectivity index (χ2n) is 5.90. The van der Waals surface area contributed by atoms with Crippen molar-refractivity contribution < 1.29 is 12.8 Å². The lowest BCUT2D eigenvalue weighted by Gasteiger charge is -2.35. The minimum atomic E-state index is -3.65. The number of piperazine rings is 1. The van der Waals surface area contributed by atoms with Gasteiger partial charge in [0.1, 0.15) is 5.82 Å². The SMILES string of the molecule is O=S(=O)(c1ccc(F)cc1)N1CCN(C(=S)Nc2ccc(Cl)c(Cl)c2)CC1. The minimum absolute atomic E-state index is 0.0776. The van der Waals surface area contributed by atoms with Crippen LogP contribution >= 0.6 is 35.4 Å². The van der Waals surface area contributed by atoms with E-state index in [1.807, 2.05) is 4.90 Å². The van der Waals surface area contributed by atoms with Gasteiger partial charge in [-0.1, -0.05) is 23.2 Å². The van der Waals surface area contributed by atoms with Crippen LogP contribution in [0.1, 0.15) is 0 Å². The van der Waals surface area contributed by atoms with Crippen molar-refractivity contribution in [3.05, 3.63) is 58.3 Å². The molecule has 1 aliphatic rings. The van der Waals surface area contributed by atoms with Crippen LogP contribution in [-0.2, 0) is 10.0 Å². The maximum atomic E-state index is 13.0. The van der Waals surface area contributed by atoms with Gasteiger partial charge in [0.15, 0.2) is 5.11 Å². The minimum Gasteiger partial charge on any atom is -0.346 e. The standard InChI is InChI=1S/C17H16Cl2FN3O2S2/c18-15-6-3-13(11-16(15)19)21-17(26)22-7-9-23(10-8-22)27(24,25)14-4-1-12(20)2-5-14/h1-6,11H,7-10H2,(H,21,26). The van der Waals surface area contributed by atoms with Crippen molar-refractivity contribution in [1.82, 2.24) is 9.21 Å². The van der Waals surface area contributed by atoms with Crippen LogP contribution in [0.25, 0.3) is 0 Å². The van der Waals surface area contributed by atoms with E-state index in [1.165, 1.54) is 16.4 Å². The summed E-state index contributed by atoms with van der Waals surface area (Å²) in [5, 5.41) is 4.42. The quantitative estimate of drug-likeness (QED) is 0.724. The first kappa shape index (κ1) is 20.3. The normalized spacial score (nSPS) is 15.6. The number of hydrogen-bond donors (Lipinski definition) is 1. The third-order valence-corrected chi connectivity index (χ3v) is 7.16. The van der Waals surface area contributed by atoms with Gasteiger partial charge < -0.3 is 10.2 Å². The highest BCUT2D eigenvalue weighted by molar-refractivity contribution is 7.89. The summed E-state index contributed by atoms with van der Waals surface area (Å²) in [5.41, 5.74) is 0.704. The first-order chi connectivity index (χ1) is 12.8. The lowest BCUT2D eigenvalue weighted by Crippen LogP contribution is -2.51. The molecule has 2 aromatic rings. The zero-order chi connectivity index (χ0) is 19.6. The van der Waals surface area contributed by atoms with Gasteiger partial charge in [-0.3, -0.25) is 0 Å². The Morgan fingerprint density at radius 3 is 2.22 bits per heavy atom. The molecule has 0 atom stereocenters. The molecule has 0 aliphatic carbocycles. The summed E-state index contributed by atoms with van der Waals surface area (Å²) >= 11 is 17.3. The van der Waals surface area contributed by atoms with Gasteiger partial charge in [-0.2, -0.15) is 4.31 Å². The molecule has 2 aromatic carbocycles. The second kappa shape index (κ2) is 8.28. The fourth-order valence-corrected chi connectivity index (χ4v) is 4.68. The third kappa shape index (κ3) is 4.70. The molecular weight excluding hydrogens is 432 g/mol. The first-order valence-electron chi connectivity index (χ1n) is 8.04. The maximum absolute atomic E-state index is 13.0. The summed E-state index contributed by atoms with van der Waals surface area (Å²) in [6, 6.07) is 9.92. The van der Waals surface area contributed by atoms with Crippen LogP contribution in [0.15, 0.2) is 47.4 Å². The van der Waals surface area contributed by atoms with Crippen molar-refractivity contribution in [1.29, 1.82) is 0 Å². The molecule has 0 spiro atoms. The fraction of sp³-hybridized carbons (Fsp3) is 0.235. The molecule has 0 radical (unpaired) electrons. The molecule has 1 aliphatic heterocycles. The first-order valence-corrected chi connectivity index (χ1v) is 10.6. The van der Waals surface area contributed by atoms with E-state index in [9.17, 15) is 12.8 Å². The van der Waals surface area contributed by atoms with E-state index >= 15 is 0 Å². The van der Waals surface area contributed by atoms with Gasteiger partial charge in [0.25, 0.3) is 0 Å². The monoisotopic (exact) mass is 447 g/mol. The summed E-state index contributed by atoms with van der Waals surface area (Å²) in [6.45, 7) is 1.44. The molecule has 3 rings (SSSR count). The zero-order valence-electron chi connectivity index (χ0n) is 14.0. The van der Waals surface area contributed by atoms with E-state index in [0.29, 0.717) is 33.9 Å². The highest BCUT2D eigenvalue weighted by Gasteiger charge is 2.29. The summed E-state index contributed by atoms with van der Waals surface area (Å²) in [5.74, 6) is -0.475. The number of nitrogens with one attached hydrogen (secondary N) is 1. The van der Waals surface area contributed by atoms with Gasteiger partial charge in [0.05, 0.1) is 14.9 Å². The summed E-state index contributed by atoms with van der Waals surface area (Å²) < 4.78 is 39.7. The number of sulfonamides is 1. The Balaban J connectivity index is 1.61. The van der Waals surface area contributed by atoms with Gasteiger partial charge in [0, 0.05) is 31.9 Å². The molecule has 0 amide bonds. The largest absolute Gasteiger partial charge is 0.346 e. The molecule has 0 unspecified atom stereocenters. The molecule has 1 fully saturated rings. The molecule has 0 bridgehead atoms. The Hall–Kier alpha value is -1.45. The lowest BCUT2D eigenvalue weighted by molar-refractivity contribution is 0.268. The molecule has 10 heteroatoms. The van der Waals surface area contributed by atoms with Crippen molar-refractivity contribution in [2.75, 3.05) is 31.5 Å². The fourth-order valence-electron chi connectivity index (χ4n) is 2.66. The average Bonchev–Trinajstić information content (AvgIpc) is 2.65. The van der Waals surface area contributed by atoms with Crippen LogP contribution in [0.2, 0.25) is 10.0 Å². The second-order valence-corrected chi connectivity index (χ2v) is 9.04. The van der Waals surface area contributed by atoms with Crippen LogP contribution < -0.4 is 5.32 Å². The van der Waals surface area contributed by atoms with Crippen LogP contribution in [0.5, 0.6) is 0 Å². The molecule has 0 aromatic heterocycles. The number of thiocarbonyl (C=S) groups is 1. The molecule has 1 saturated heterocycles. The molecule has 144 valence electrons. The average molecular weight is 448 g/mol. The summed E-state index contributed by atoms with van der Waals surface area (Å²) in [4.78, 5) is 1.96. The van der Waals surface area contributed by atoms with E-state index in [2.05, 4.69) is 5.32 Å². The molecule has 27 heavy (non-hydrogen) atoms. The highest BCUT2D eigenvalue weighted by Crippen LogP contribution is 2.25. The Morgan fingerprint density at radius 1 is 1.00 bits per heavy atom. The molecular formula is C17H16Cl2FN3O2S2. The van der Waals surface area contributed by atoms with E-state index < -0.39 is 15.8 Å². The van der Waals surface area contributed by atoms with Crippen molar-refractivity contribution in [2.45, 2.75) is 4.90 Å². The van der Waals surface area contributed by atoms with Crippen molar-refractivity contribution in [2.24, 2.45) is 0 Å². The summed E-state index contributed by atoms with van der Waals surface area (Å²) in [7, 11) is -3.65. The van der Waals surface area contributed by atoms with E-state index in [0.717, 1.165) is 12.1 Å². The van der Waals surface area contributed by atoms with Gasteiger partial charge in [0.2, 0.25) is 10.0 Å². The highest BCUT2D eigenvalue weighted by atomic mass is 35.5. The Labute approximate surface area is 172 Å². The van der Waals surface area contributed by atoms with Crippen LogP contribution in [0, 0.1) is 5.82 Å². The number of hydrogen-bond acceptors (Lipinski definition) is 3. The Morgan fingerprint density at radius 2 is 1.63 bits per heavy atom. The number of halogens is 3. The van der Waals surface area contributed by atoms with Crippen molar-refractivity contribution in [3.63, 3.8) is 0 Å². The van der Waals surface area contributed by atoms with Crippen molar-refractivity contribution >= 4 is 56.2 Å². The molecule has 5 nitrogen and oxygen atoms in total. The number of nitrogens with zero attached hydrogens (tertiary/aromatic N) is 2. The van der Waals surface area contributed by atoms with Gasteiger partial charge >= 0.3 is 0 Å². The van der Waals surface area contributed by atoms with Crippen LogP contribution in [0.4, 0.5) is 10.1 Å². The Bertz CT molecular complexity index is 947. The van der Waals surface area contributed by atoms with E-state index in [4.69, 9.17) is 35.4 Å². The number of rotatable bonds is 3. The Kier molecular flexibility index (Phi) is 6.22. The predicted octanol–water partition coefficient (Wildman–Crippen LogP) is 3.84. The van der Waals surface area contributed by atoms with Gasteiger partial charge in [-0.05, 0) is 54.7 Å². The predicted molar refractivity (Wildman–Crippen MR) is 109 cm³/mol. The van der Waals surface area contributed by atoms with E-state index in [1.54, 1.807) is 18.2 Å². The van der Waals surface area contributed by atoms with Crippen molar-refractivity contribution in [3.8, 4) is 0 Å². The van der Waals surface area contributed by atoms with Crippen LogP contribution in [0.3, 0.4) is 0 Å². The number of benzene rings is 2. The maximum Gasteiger partial charge on any atom is 0.243 e. The molecule has 0 saturated carbocycles. The van der Waals surface area contributed by atoms with E-state index in [-0.39, 0.29) is 18.0 Å². The molecule has 1 heterocycles. The van der Waals surface area contributed by atoms with Crippen LogP contribution in [-0.4, -0.2) is 48.9 Å². The lowest BCUT2D eigenvalue weighted by atomic mass is 10.3. The van der Waals surface area contributed by atoms with Gasteiger partial charge in [-0.15, -0.1) is 0 Å². The molecule has 1 N–H and O–H groups in total. The topological polar surface area (TPSA) is 52.7 Å². The number of anilines is 1.